The Morgan fingerprint density at radius 2 is 2.24 bits per heavy atom. The minimum atomic E-state index is 0.0278. The highest BCUT2D eigenvalue weighted by Gasteiger charge is 2.35. The van der Waals surface area contributed by atoms with Crippen molar-refractivity contribution < 1.29 is 14.3 Å². The molecule has 17 heavy (non-hydrogen) atoms. The number of ether oxygens (including phenoxy) is 2. The van der Waals surface area contributed by atoms with Crippen molar-refractivity contribution in [3.05, 3.63) is 12.2 Å². The highest BCUT2D eigenvalue weighted by molar-refractivity contribution is 5.58. The maximum absolute atomic E-state index is 10.4. The Hall–Kier alpha value is -0.670. The Balaban J connectivity index is 1.45. The first kappa shape index (κ1) is 12.8. The van der Waals surface area contributed by atoms with Gasteiger partial charge in [-0.15, -0.1) is 0 Å². The predicted octanol–water partition coefficient (Wildman–Crippen LogP) is 2.70. The number of hydrogen-bond acceptors (Lipinski definition) is 3. The van der Waals surface area contributed by atoms with Crippen molar-refractivity contribution in [2.45, 2.75) is 44.8 Å². The molecule has 0 N–H and O–H groups in total. The van der Waals surface area contributed by atoms with Crippen molar-refractivity contribution in [2.75, 3.05) is 13.2 Å². The molecular weight excluding hydrogens is 216 g/mol. The van der Waals surface area contributed by atoms with E-state index in [0.717, 1.165) is 45.2 Å². The Labute approximate surface area is 103 Å². The molecule has 2 aliphatic rings. The number of rotatable bonds is 7. The summed E-state index contributed by atoms with van der Waals surface area (Å²) in [6, 6.07) is 0. The van der Waals surface area contributed by atoms with Gasteiger partial charge in [-0.3, -0.25) is 0 Å². The van der Waals surface area contributed by atoms with Crippen LogP contribution in [0.5, 0.6) is 0 Å². The zero-order valence-corrected chi connectivity index (χ0v) is 10.3. The smallest absolute Gasteiger partial charge is 0.157 e. The second-order valence-electron chi connectivity index (χ2n) is 4.96. The molecule has 1 unspecified atom stereocenters. The first-order valence-corrected chi connectivity index (χ1v) is 6.73. The molecule has 3 atom stereocenters. The van der Waals surface area contributed by atoms with Gasteiger partial charge >= 0.3 is 0 Å². The van der Waals surface area contributed by atoms with E-state index in [4.69, 9.17) is 9.47 Å². The molecule has 0 aromatic carbocycles. The van der Waals surface area contributed by atoms with Crippen molar-refractivity contribution in [2.24, 2.45) is 11.8 Å². The topological polar surface area (TPSA) is 35.5 Å². The number of carbonyl (C=O) groups excluding carboxylic acids is 1. The van der Waals surface area contributed by atoms with Gasteiger partial charge in [0.2, 0.25) is 0 Å². The molecule has 2 fully saturated rings. The SMILES string of the molecule is O=C[C@@H]1C[C@@H]1C/C=C\CCOC1CCCCO1. The summed E-state index contributed by atoms with van der Waals surface area (Å²) in [6.07, 6.45) is 11.9. The average molecular weight is 238 g/mol. The molecule has 96 valence electrons. The van der Waals surface area contributed by atoms with Crippen molar-refractivity contribution in [3.63, 3.8) is 0 Å². The zero-order chi connectivity index (χ0) is 11.9. The fourth-order valence-electron chi connectivity index (χ4n) is 2.21. The molecule has 0 radical (unpaired) electrons. The van der Waals surface area contributed by atoms with Crippen molar-refractivity contribution in [1.29, 1.82) is 0 Å². The van der Waals surface area contributed by atoms with Gasteiger partial charge in [0.15, 0.2) is 6.29 Å². The van der Waals surface area contributed by atoms with Crippen LogP contribution in [-0.4, -0.2) is 25.8 Å². The molecule has 0 amide bonds. The summed E-state index contributed by atoms with van der Waals surface area (Å²) >= 11 is 0. The van der Waals surface area contributed by atoms with Crippen molar-refractivity contribution in [1.82, 2.24) is 0 Å². The van der Waals surface area contributed by atoms with Crippen LogP contribution in [0.1, 0.15) is 38.5 Å². The predicted molar refractivity (Wildman–Crippen MR) is 65.6 cm³/mol. The van der Waals surface area contributed by atoms with E-state index in [2.05, 4.69) is 12.2 Å². The highest BCUT2D eigenvalue weighted by Crippen LogP contribution is 2.39. The van der Waals surface area contributed by atoms with Crippen LogP contribution in [0.4, 0.5) is 0 Å². The summed E-state index contributed by atoms with van der Waals surface area (Å²) in [6.45, 7) is 1.58. The van der Waals surface area contributed by atoms with Gasteiger partial charge in [0.05, 0.1) is 6.61 Å². The summed E-state index contributed by atoms with van der Waals surface area (Å²) in [5.74, 6) is 0.956. The van der Waals surface area contributed by atoms with E-state index in [1.54, 1.807) is 0 Å². The number of allylic oxidation sites excluding steroid dienone is 1. The van der Waals surface area contributed by atoms with Gasteiger partial charge in [-0.2, -0.15) is 0 Å². The third kappa shape index (κ3) is 4.60. The quantitative estimate of drug-likeness (QED) is 0.388. The van der Waals surface area contributed by atoms with E-state index in [1.165, 1.54) is 12.8 Å². The van der Waals surface area contributed by atoms with Gasteiger partial charge in [0.25, 0.3) is 0 Å². The van der Waals surface area contributed by atoms with Crippen LogP contribution < -0.4 is 0 Å². The molecule has 0 aromatic rings. The fraction of sp³-hybridized carbons (Fsp3) is 0.786. The lowest BCUT2D eigenvalue weighted by molar-refractivity contribution is -0.161. The van der Waals surface area contributed by atoms with Crippen LogP contribution in [0.15, 0.2) is 12.2 Å². The molecule has 1 saturated heterocycles. The minimum absolute atomic E-state index is 0.0278. The van der Waals surface area contributed by atoms with Crippen LogP contribution in [0.25, 0.3) is 0 Å². The van der Waals surface area contributed by atoms with Crippen LogP contribution >= 0.6 is 0 Å². The van der Waals surface area contributed by atoms with Crippen molar-refractivity contribution in [3.8, 4) is 0 Å². The molecule has 1 aliphatic carbocycles. The van der Waals surface area contributed by atoms with Gasteiger partial charge in [-0.1, -0.05) is 12.2 Å². The van der Waals surface area contributed by atoms with Crippen molar-refractivity contribution >= 4 is 6.29 Å². The fourth-order valence-corrected chi connectivity index (χ4v) is 2.21. The van der Waals surface area contributed by atoms with Crippen LogP contribution in [0.2, 0.25) is 0 Å². The minimum Gasteiger partial charge on any atom is -0.353 e. The van der Waals surface area contributed by atoms with E-state index >= 15 is 0 Å². The maximum atomic E-state index is 10.4. The summed E-state index contributed by atoms with van der Waals surface area (Å²) in [4.78, 5) is 10.4. The summed E-state index contributed by atoms with van der Waals surface area (Å²) in [5.41, 5.74) is 0. The Morgan fingerprint density at radius 3 is 2.94 bits per heavy atom. The van der Waals surface area contributed by atoms with Gasteiger partial charge in [-0.25, -0.2) is 0 Å². The van der Waals surface area contributed by atoms with Crippen LogP contribution in [-0.2, 0) is 14.3 Å². The summed E-state index contributed by atoms with van der Waals surface area (Å²) in [5, 5.41) is 0. The van der Waals surface area contributed by atoms with E-state index in [0.29, 0.717) is 11.8 Å². The lowest BCUT2D eigenvalue weighted by Gasteiger charge is -2.22. The number of hydrogen-bond donors (Lipinski definition) is 0. The van der Waals surface area contributed by atoms with E-state index in [9.17, 15) is 4.79 Å². The zero-order valence-electron chi connectivity index (χ0n) is 10.3. The first-order valence-electron chi connectivity index (χ1n) is 6.73. The number of carbonyl (C=O) groups is 1. The largest absolute Gasteiger partial charge is 0.353 e. The molecule has 3 heteroatoms. The normalized spacial score (nSPS) is 32.8. The standard InChI is InChI=1S/C14H22O3/c15-11-13-10-12(13)6-2-1-4-8-16-14-7-3-5-9-17-14/h1-2,11-14H,3-10H2/b2-1-/t12-,13-,14?/m0/s1. The van der Waals surface area contributed by atoms with Gasteiger partial charge in [0, 0.05) is 12.5 Å². The highest BCUT2D eigenvalue weighted by atomic mass is 16.7. The molecular formula is C14H22O3. The molecule has 3 nitrogen and oxygen atoms in total. The third-order valence-corrected chi connectivity index (χ3v) is 3.48. The molecule has 0 bridgehead atoms. The monoisotopic (exact) mass is 238 g/mol. The lowest BCUT2D eigenvalue weighted by atomic mass is 10.2. The maximum Gasteiger partial charge on any atom is 0.157 e. The molecule has 0 aromatic heterocycles. The Morgan fingerprint density at radius 1 is 1.29 bits per heavy atom. The number of aldehydes is 1. The lowest BCUT2D eigenvalue weighted by Crippen LogP contribution is -2.22. The second kappa shape index (κ2) is 6.92. The average Bonchev–Trinajstić information content (AvgIpc) is 3.13. The Bertz CT molecular complexity index is 256. The first-order chi connectivity index (χ1) is 8.40. The van der Waals surface area contributed by atoms with E-state index < -0.39 is 0 Å². The van der Waals surface area contributed by atoms with E-state index in [1.807, 2.05) is 0 Å². The molecule has 1 saturated carbocycles. The van der Waals surface area contributed by atoms with Crippen LogP contribution in [0, 0.1) is 11.8 Å². The molecule has 1 heterocycles. The summed E-state index contributed by atoms with van der Waals surface area (Å²) in [7, 11) is 0. The van der Waals surface area contributed by atoms with E-state index in [-0.39, 0.29) is 6.29 Å². The van der Waals surface area contributed by atoms with Crippen LogP contribution in [0.3, 0.4) is 0 Å². The molecule has 2 rings (SSSR count). The molecule has 1 aliphatic heterocycles. The van der Waals surface area contributed by atoms with Gasteiger partial charge < -0.3 is 14.3 Å². The van der Waals surface area contributed by atoms with Gasteiger partial charge in [-0.05, 0) is 44.4 Å². The second-order valence-corrected chi connectivity index (χ2v) is 4.96. The van der Waals surface area contributed by atoms with Gasteiger partial charge in [0.1, 0.15) is 6.29 Å². The molecule has 0 spiro atoms. The third-order valence-electron chi connectivity index (χ3n) is 3.48. The summed E-state index contributed by atoms with van der Waals surface area (Å²) < 4.78 is 11.1. The Kier molecular flexibility index (Phi) is 5.20.